The Morgan fingerprint density at radius 3 is 2.22 bits per heavy atom. The molecule has 0 aliphatic carbocycles. The van der Waals surface area contributed by atoms with Gasteiger partial charge in [0.15, 0.2) is 0 Å². The molecule has 0 unspecified atom stereocenters. The van der Waals surface area contributed by atoms with Crippen molar-refractivity contribution in [3.63, 3.8) is 0 Å². The van der Waals surface area contributed by atoms with Crippen LogP contribution in [0, 0.1) is 11.2 Å². The van der Waals surface area contributed by atoms with Gasteiger partial charge in [-0.2, -0.15) is 0 Å². The van der Waals surface area contributed by atoms with Gasteiger partial charge in [0.2, 0.25) is 5.91 Å². The number of amides is 3. The van der Waals surface area contributed by atoms with E-state index >= 15 is 0 Å². The molecular formula is C17H24FN3O2. The lowest BCUT2D eigenvalue weighted by atomic mass is 9.93. The van der Waals surface area contributed by atoms with E-state index < -0.39 is 0 Å². The van der Waals surface area contributed by atoms with E-state index in [9.17, 15) is 14.0 Å². The maximum absolute atomic E-state index is 12.8. The average Bonchev–Trinajstić information content (AvgIpc) is 2.49. The lowest BCUT2D eigenvalue weighted by Gasteiger charge is -2.35. The number of anilines is 1. The number of nitrogens with zero attached hydrogens (tertiary/aromatic N) is 1. The van der Waals surface area contributed by atoms with Gasteiger partial charge in [-0.1, -0.05) is 20.8 Å². The number of carbonyl (C=O) groups is 2. The lowest BCUT2D eigenvalue weighted by Crippen LogP contribution is -2.49. The molecule has 0 bridgehead atoms. The van der Waals surface area contributed by atoms with Crippen LogP contribution in [0.25, 0.3) is 0 Å². The van der Waals surface area contributed by atoms with Gasteiger partial charge in [0, 0.05) is 30.2 Å². The summed E-state index contributed by atoms with van der Waals surface area (Å²) in [4.78, 5) is 26.0. The van der Waals surface area contributed by atoms with E-state index in [0.29, 0.717) is 18.8 Å². The van der Waals surface area contributed by atoms with E-state index in [1.807, 2.05) is 25.7 Å². The first-order chi connectivity index (χ1) is 10.8. The standard InChI is InChI=1S/C17H24FN3O2/c1-17(2,3)15(22)21-10-8-14(9-11-21)20-16(23)19-13-6-4-12(18)5-7-13/h4-7,14H,8-11H2,1-3H3,(H2,19,20,23). The lowest BCUT2D eigenvalue weighted by molar-refractivity contribution is -0.140. The second kappa shape index (κ2) is 6.98. The Morgan fingerprint density at radius 1 is 1.13 bits per heavy atom. The van der Waals surface area contributed by atoms with Gasteiger partial charge in [-0.15, -0.1) is 0 Å². The minimum Gasteiger partial charge on any atom is -0.342 e. The van der Waals surface area contributed by atoms with Crippen LogP contribution >= 0.6 is 0 Å². The Bertz CT molecular complexity index is 558. The van der Waals surface area contributed by atoms with Crippen LogP contribution in [0.15, 0.2) is 24.3 Å². The first-order valence-corrected chi connectivity index (χ1v) is 7.88. The Hall–Kier alpha value is -2.11. The van der Waals surface area contributed by atoms with Crippen LogP contribution in [-0.4, -0.2) is 36.0 Å². The molecule has 0 aromatic heterocycles. The zero-order valence-electron chi connectivity index (χ0n) is 13.9. The van der Waals surface area contributed by atoms with Crippen molar-refractivity contribution in [2.45, 2.75) is 39.7 Å². The van der Waals surface area contributed by atoms with Crippen molar-refractivity contribution in [1.82, 2.24) is 10.2 Å². The fourth-order valence-electron chi connectivity index (χ4n) is 2.59. The fourth-order valence-corrected chi connectivity index (χ4v) is 2.59. The maximum atomic E-state index is 12.8. The number of nitrogens with one attached hydrogen (secondary N) is 2. The monoisotopic (exact) mass is 321 g/mol. The first-order valence-electron chi connectivity index (χ1n) is 7.88. The van der Waals surface area contributed by atoms with Crippen LogP contribution in [0.1, 0.15) is 33.6 Å². The fraction of sp³-hybridized carbons (Fsp3) is 0.529. The van der Waals surface area contributed by atoms with E-state index in [-0.39, 0.29) is 29.2 Å². The molecule has 23 heavy (non-hydrogen) atoms. The number of likely N-dealkylation sites (tertiary alicyclic amines) is 1. The van der Waals surface area contributed by atoms with Gasteiger partial charge in [0.05, 0.1) is 0 Å². The molecule has 1 aromatic rings. The summed E-state index contributed by atoms with van der Waals surface area (Å²) in [7, 11) is 0. The molecule has 126 valence electrons. The van der Waals surface area contributed by atoms with Gasteiger partial charge in [0.25, 0.3) is 0 Å². The summed E-state index contributed by atoms with van der Waals surface area (Å²) in [5.74, 6) is -0.196. The highest BCUT2D eigenvalue weighted by molar-refractivity contribution is 5.89. The molecule has 5 nitrogen and oxygen atoms in total. The van der Waals surface area contributed by atoms with Gasteiger partial charge >= 0.3 is 6.03 Å². The highest BCUT2D eigenvalue weighted by Gasteiger charge is 2.30. The molecule has 2 rings (SSSR count). The normalized spacial score (nSPS) is 16.1. The number of benzene rings is 1. The number of hydrogen-bond acceptors (Lipinski definition) is 2. The average molecular weight is 321 g/mol. The second-order valence-electron chi connectivity index (χ2n) is 6.92. The summed E-state index contributed by atoms with van der Waals surface area (Å²) in [5, 5.41) is 5.58. The molecule has 6 heteroatoms. The molecule has 1 aliphatic rings. The second-order valence-corrected chi connectivity index (χ2v) is 6.92. The summed E-state index contributed by atoms with van der Waals surface area (Å²) in [5.41, 5.74) is 0.171. The summed E-state index contributed by atoms with van der Waals surface area (Å²) >= 11 is 0. The molecule has 2 N–H and O–H groups in total. The van der Waals surface area contributed by atoms with Crippen molar-refractivity contribution in [2.24, 2.45) is 5.41 Å². The molecule has 1 aromatic carbocycles. The minimum absolute atomic E-state index is 0.0412. The number of halogens is 1. The predicted molar refractivity (Wildman–Crippen MR) is 87.6 cm³/mol. The Labute approximate surface area is 136 Å². The molecule has 3 amide bonds. The van der Waals surface area contributed by atoms with Crippen molar-refractivity contribution in [1.29, 1.82) is 0 Å². The summed E-state index contributed by atoms with van der Waals surface area (Å²) in [6, 6.07) is 5.36. The third-order valence-corrected chi connectivity index (χ3v) is 3.86. The van der Waals surface area contributed by atoms with Crippen molar-refractivity contribution in [3.8, 4) is 0 Å². The van der Waals surface area contributed by atoms with Crippen LogP contribution in [0.5, 0.6) is 0 Å². The number of rotatable bonds is 2. The van der Waals surface area contributed by atoms with Crippen LogP contribution in [0.3, 0.4) is 0 Å². The Morgan fingerprint density at radius 2 is 1.70 bits per heavy atom. The van der Waals surface area contributed by atoms with E-state index in [1.54, 1.807) is 0 Å². The molecule has 1 fully saturated rings. The van der Waals surface area contributed by atoms with Gasteiger partial charge in [-0.3, -0.25) is 4.79 Å². The Balaban J connectivity index is 1.79. The highest BCUT2D eigenvalue weighted by atomic mass is 19.1. The van der Waals surface area contributed by atoms with E-state index in [4.69, 9.17) is 0 Å². The zero-order valence-corrected chi connectivity index (χ0v) is 13.9. The summed E-state index contributed by atoms with van der Waals surface area (Å²) < 4.78 is 12.8. The molecular weight excluding hydrogens is 297 g/mol. The van der Waals surface area contributed by atoms with Crippen LogP contribution in [0.2, 0.25) is 0 Å². The maximum Gasteiger partial charge on any atom is 0.319 e. The summed E-state index contributed by atoms with van der Waals surface area (Å²) in [6.07, 6.45) is 1.47. The number of carbonyl (C=O) groups excluding carboxylic acids is 2. The Kier molecular flexibility index (Phi) is 5.23. The molecule has 0 atom stereocenters. The minimum atomic E-state index is -0.375. The third kappa shape index (κ3) is 4.94. The van der Waals surface area contributed by atoms with E-state index in [2.05, 4.69) is 10.6 Å². The molecule has 1 heterocycles. The van der Waals surface area contributed by atoms with Crippen molar-refractivity contribution < 1.29 is 14.0 Å². The molecule has 1 aliphatic heterocycles. The van der Waals surface area contributed by atoms with Crippen molar-refractivity contribution in [2.75, 3.05) is 18.4 Å². The van der Waals surface area contributed by atoms with Crippen LogP contribution < -0.4 is 10.6 Å². The van der Waals surface area contributed by atoms with Crippen LogP contribution in [-0.2, 0) is 4.79 Å². The van der Waals surface area contributed by atoms with Crippen molar-refractivity contribution in [3.05, 3.63) is 30.1 Å². The smallest absolute Gasteiger partial charge is 0.319 e. The van der Waals surface area contributed by atoms with E-state index in [0.717, 1.165) is 12.8 Å². The van der Waals surface area contributed by atoms with Gasteiger partial charge in [0.1, 0.15) is 5.82 Å². The summed E-state index contributed by atoms with van der Waals surface area (Å²) in [6.45, 7) is 7.04. The first kappa shape index (κ1) is 17.2. The van der Waals surface area contributed by atoms with Gasteiger partial charge in [-0.05, 0) is 37.1 Å². The largest absolute Gasteiger partial charge is 0.342 e. The van der Waals surface area contributed by atoms with Gasteiger partial charge in [-0.25, -0.2) is 9.18 Å². The molecule has 0 saturated carbocycles. The number of piperidine rings is 1. The van der Waals surface area contributed by atoms with Crippen molar-refractivity contribution >= 4 is 17.6 Å². The third-order valence-electron chi connectivity index (χ3n) is 3.86. The highest BCUT2D eigenvalue weighted by Crippen LogP contribution is 2.21. The SMILES string of the molecule is CC(C)(C)C(=O)N1CCC(NC(=O)Nc2ccc(F)cc2)CC1. The predicted octanol–water partition coefficient (Wildman–Crippen LogP) is 2.98. The van der Waals surface area contributed by atoms with E-state index in [1.165, 1.54) is 24.3 Å². The number of hydrogen-bond donors (Lipinski definition) is 2. The molecule has 1 saturated heterocycles. The zero-order chi connectivity index (χ0) is 17.0. The topological polar surface area (TPSA) is 61.4 Å². The quantitative estimate of drug-likeness (QED) is 0.879. The van der Waals surface area contributed by atoms with Gasteiger partial charge < -0.3 is 15.5 Å². The van der Waals surface area contributed by atoms with Crippen LogP contribution in [0.4, 0.5) is 14.9 Å². The molecule has 0 spiro atoms. The number of urea groups is 1. The molecule has 0 radical (unpaired) electrons.